The Kier molecular flexibility index (Phi) is 5.02. The summed E-state index contributed by atoms with van der Waals surface area (Å²) < 4.78 is 6.13. The molecule has 2 aromatic carbocycles. The van der Waals surface area contributed by atoms with E-state index < -0.39 is 0 Å². The van der Waals surface area contributed by atoms with E-state index in [0.29, 0.717) is 5.56 Å². The molecule has 0 aliphatic rings. The molecule has 21 heavy (non-hydrogen) atoms. The molecule has 1 unspecified atom stereocenters. The fraction of sp³-hybridized carbons (Fsp3) is 0.235. The highest BCUT2D eigenvalue weighted by molar-refractivity contribution is 9.10. The lowest BCUT2D eigenvalue weighted by Gasteiger charge is -2.17. The van der Waals surface area contributed by atoms with Gasteiger partial charge < -0.3 is 10.1 Å². The molecular formula is C17H18BrNO2. The largest absolute Gasteiger partial charge is 0.496 e. The lowest BCUT2D eigenvalue weighted by Crippen LogP contribution is -2.27. The number of benzene rings is 2. The zero-order chi connectivity index (χ0) is 15.4. The van der Waals surface area contributed by atoms with Gasteiger partial charge in [0.2, 0.25) is 0 Å². The van der Waals surface area contributed by atoms with Gasteiger partial charge in [-0.05, 0) is 53.5 Å². The number of methoxy groups -OCH3 is 1. The third-order valence-electron chi connectivity index (χ3n) is 3.32. The normalized spacial score (nSPS) is 11.8. The van der Waals surface area contributed by atoms with E-state index in [2.05, 4.69) is 21.2 Å². The second kappa shape index (κ2) is 6.76. The molecular weight excluding hydrogens is 330 g/mol. The molecule has 110 valence electrons. The molecule has 0 aliphatic heterocycles. The van der Waals surface area contributed by atoms with E-state index >= 15 is 0 Å². The van der Waals surface area contributed by atoms with Crippen molar-refractivity contribution in [3.05, 3.63) is 63.6 Å². The van der Waals surface area contributed by atoms with E-state index in [9.17, 15) is 4.79 Å². The van der Waals surface area contributed by atoms with Crippen molar-refractivity contribution in [2.24, 2.45) is 0 Å². The number of nitrogens with one attached hydrogen (secondary N) is 1. The lowest BCUT2D eigenvalue weighted by molar-refractivity contribution is 0.0938. The number of carbonyl (C=O) groups is 1. The molecule has 2 rings (SSSR count). The van der Waals surface area contributed by atoms with Crippen LogP contribution < -0.4 is 10.1 Å². The van der Waals surface area contributed by atoms with Gasteiger partial charge in [-0.2, -0.15) is 0 Å². The minimum Gasteiger partial charge on any atom is -0.496 e. The van der Waals surface area contributed by atoms with Gasteiger partial charge in [0, 0.05) is 10.0 Å². The molecule has 0 saturated carbocycles. The third kappa shape index (κ3) is 3.64. The Morgan fingerprint density at radius 2 is 1.95 bits per heavy atom. The number of para-hydroxylation sites is 1. The maximum atomic E-state index is 12.4. The Balaban J connectivity index is 2.19. The summed E-state index contributed by atoms with van der Waals surface area (Å²) in [6.07, 6.45) is 0. The van der Waals surface area contributed by atoms with Crippen LogP contribution in [0.1, 0.15) is 34.5 Å². The summed E-state index contributed by atoms with van der Waals surface area (Å²) in [4.78, 5) is 12.4. The van der Waals surface area contributed by atoms with Crippen molar-refractivity contribution in [1.29, 1.82) is 0 Å². The standard InChI is InChI=1S/C17H18BrNO2/c1-11-8-9-14(15(18)10-11)17(20)19-12(2)13-6-4-5-7-16(13)21-3/h4-10,12H,1-3H3,(H,19,20). The molecule has 1 amide bonds. The lowest BCUT2D eigenvalue weighted by atomic mass is 10.1. The van der Waals surface area contributed by atoms with Crippen molar-refractivity contribution in [3.63, 3.8) is 0 Å². The van der Waals surface area contributed by atoms with Crippen LogP contribution in [0.3, 0.4) is 0 Å². The second-order valence-electron chi connectivity index (χ2n) is 4.92. The summed E-state index contributed by atoms with van der Waals surface area (Å²) >= 11 is 3.44. The molecule has 2 aromatic rings. The maximum Gasteiger partial charge on any atom is 0.252 e. The smallest absolute Gasteiger partial charge is 0.252 e. The van der Waals surface area contributed by atoms with Gasteiger partial charge in [-0.1, -0.05) is 24.3 Å². The Hall–Kier alpha value is -1.81. The van der Waals surface area contributed by atoms with Crippen LogP contribution in [-0.4, -0.2) is 13.0 Å². The molecule has 3 nitrogen and oxygen atoms in total. The Labute approximate surface area is 133 Å². The molecule has 4 heteroatoms. The zero-order valence-electron chi connectivity index (χ0n) is 12.3. The van der Waals surface area contributed by atoms with Gasteiger partial charge in [-0.15, -0.1) is 0 Å². The number of rotatable bonds is 4. The fourth-order valence-corrected chi connectivity index (χ4v) is 2.85. The average Bonchev–Trinajstić information content (AvgIpc) is 2.46. The molecule has 0 aromatic heterocycles. The van der Waals surface area contributed by atoms with E-state index in [1.807, 2.05) is 56.3 Å². The van der Waals surface area contributed by atoms with E-state index in [-0.39, 0.29) is 11.9 Å². The Morgan fingerprint density at radius 3 is 2.62 bits per heavy atom. The number of halogens is 1. The number of aryl methyl sites for hydroxylation is 1. The monoisotopic (exact) mass is 347 g/mol. The number of hydrogen-bond acceptors (Lipinski definition) is 2. The van der Waals surface area contributed by atoms with Crippen molar-refractivity contribution in [3.8, 4) is 5.75 Å². The highest BCUT2D eigenvalue weighted by Crippen LogP contribution is 2.25. The van der Waals surface area contributed by atoms with Gasteiger partial charge >= 0.3 is 0 Å². The van der Waals surface area contributed by atoms with Gasteiger partial charge in [-0.3, -0.25) is 4.79 Å². The molecule has 0 aliphatic carbocycles. The van der Waals surface area contributed by atoms with E-state index in [4.69, 9.17) is 4.74 Å². The van der Waals surface area contributed by atoms with Crippen molar-refractivity contribution < 1.29 is 9.53 Å². The summed E-state index contributed by atoms with van der Waals surface area (Å²) in [6.45, 7) is 3.93. The fourth-order valence-electron chi connectivity index (χ4n) is 2.18. The Morgan fingerprint density at radius 1 is 1.24 bits per heavy atom. The Bertz CT molecular complexity index is 655. The van der Waals surface area contributed by atoms with Crippen LogP contribution in [0.2, 0.25) is 0 Å². The number of amides is 1. The predicted octanol–water partition coefficient (Wildman–Crippen LogP) is 4.26. The summed E-state index contributed by atoms with van der Waals surface area (Å²) in [5.74, 6) is 0.661. The number of hydrogen-bond donors (Lipinski definition) is 1. The van der Waals surface area contributed by atoms with E-state index in [0.717, 1.165) is 21.3 Å². The van der Waals surface area contributed by atoms with Crippen molar-refractivity contribution in [2.75, 3.05) is 7.11 Å². The van der Waals surface area contributed by atoms with Gasteiger partial charge in [-0.25, -0.2) is 0 Å². The van der Waals surface area contributed by atoms with Crippen LogP contribution in [0.25, 0.3) is 0 Å². The molecule has 0 bridgehead atoms. The van der Waals surface area contributed by atoms with Crippen LogP contribution in [0.15, 0.2) is 46.9 Å². The summed E-state index contributed by atoms with van der Waals surface area (Å²) in [7, 11) is 1.63. The maximum absolute atomic E-state index is 12.4. The molecule has 0 saturated heterocycles. The second-order valence-corrected chi connectivity index (χ2v) is 5.77. The minimum absolute atomic E-state index is 0.111. The molecule has 1 atom stereocenters. The number of carbonyl (C=O) groups excluding carboxylic acids is 1. The van der Waals surface area contributed by atoms with Gasteiger partial charge in [0.15, 0.2) is 0 Å². The molecule has 0 radical (unpaired) electrons. The van der Waals surface area contributed by atoms with Crippen LogP contribution in [0.5, 0.6) is 5.75 Å². The van der Waals surface area contributed by atoms with Crippen LogP contribution in [-0.2, 0) is 0 Å². The summed E-state index contributed by atoms with van der Waals surface area (Å²) in [5, 5.41) is 3.00. The minimum atomic E-state index is -0.137. The summed E-state index contributed by atoms with van der Waals surface area (Å²) in [5.41, 5.74) is 2.69. The van der Waals surface area contributed by atoms with E-state index in [1.165, 1.54) is 0 Å². The first-order valence-electron chi connectivity index (χ1n) is 6.73. The molecule has 1 N–H and O–H groups in total. The van der Waals surface area contributed by atoms with Crippen molar-refractivity contribution in [2.45, 2.75) is 19.9 Å². The van der Waals surface area contributed by atoms with Gasteiger partial charge in [0.05, 0.1) is 18.7 Å². The van der Waals surface area contributed by atoms with Crippen LogP contribution in [0, 0.1) is 6.92 Å². The summed E-state index contributed by atoms with van der Waals surface area (Å²) in [6, 6.07) is 13.2. The number of ether oxygens (including phenoxy) is 1. The van der Waals surface area contributed by atoms with Crippen LogP contribution >= 0.6 is 15.9 Å². The van der Waals surface area contributed by atoms with Gasteiger partial charge in [0.25, 0.3) is 5.91 Å². The first-order chi connectivity index (χ1) is 10.0. The first-order valence-corrected chi connectivity index (χ1v) is 7.52. The van der Waals surface area contributed by atoms with Crippen LogP contribution in [0.4, 0.5) is 0 Å². The topological polar surface area (TPSA) is 38.3 Å². The molecule has 0 spiro atoms. The third-order valence-corrected chi connectivity index (χ3v) is 3.98. The highest BCUT2D eigenvalue weighted by atomic mass is 79.9. The predicted molar refractivity (Wildman–Crippen MR) is 87.8 cm³/mol. The average molecular weight is 348 g/mol. The SMILES string of the molecule is COc1ccccc1C(C)NC(=O)c1ccc(C)cc1Br. The molecule has 0 heterocycles. The van der Waals surface area contributed by atoms with Gasteiger partial charge in [0.1, 0.15) is 5.75 Å². The zero-order valence-corrected chi connectivity index (χ0v) is 13.9. The highest BCUT2D eigenvalue weighted by Gasteiger charge is 2.16. The first kappa shape index (κ1) is 15.6. The quantitative estimate of drug-likeness (QED) is 0.897. The van der Waals surface area contributed by atoms with Crippen molar-refractivity contribution in [1.82, 2.24) is 5.32 Å². The van der Waals surface area contributed by atoms with Crippen molar-refractivity contribution >= 4 is 21.8 Å². The molecule has 0 fully saturated rings. The van der Waals surface area contributed by atoms with E-state index in [1.54, 1.807) is 7.11 Å².